The van der Waals surface area contributed by atoms with Crippen molar-refractivity contribution in [3.05, 3.63) is 161 Å². The normalized spacial score (nSPS) is 20.8. The van der Waals surface area contributed by atoms with Gasteiger partial charge in [0.05, 0.1) is 31.8 Å². The first-order valence-corrected chi connectivity index (χ1v) is 19.3. The molecule has 4 aromatic carbocycles. The van der Waals surface area contributed by atoms with Gasteiger partial charge in [0.2, 0.25) is 5.91 Å². The van der Waals surface area contributed by atoms with Crippen molar-refractivity contribution in [2.45, 2.75) is 64.1 Å². The van der Waals surface area contributed by atoms with Gasteiger partial charge in [0.1, 0.15) is 12.6 Å². The van der Waals surface area contributed by atoms with Crippen LogP contribution in [-0.2, 0) is 50.0 Å². The van der Waals surface area contributed by atoms with Gasteiger partial charge in [-0.3, -0.25) is 19.5 Å². The zero-order valence-corrected chi connectivity index (χ0v) is 32.2. The molecule has 2 N–H and O–H groups in total. The molecule has 1 unspecified atom stereocenters. The quantitative estimate of drug-likeness (QED) is 0.118. The Hall–Kier alpha value is -5.72. The zero-order chi connectivity index (χ0) is 39.7. The highest BCUT2D eigenvalue weighted by atomic mass is 16.7. The lowest BCUT2D eigenvalue weighted by molar-refractivity contribution is -0.275. The predicted octanol–water partition coefficient (Wildman–Crippen LogP) is 6.76. The van der Waals surface area contributed by atoms with Crippen molar-refractivity contribution in [1.82, 2.24) is 20.1 Å². The third kappa shape index (κ3) is 10.00. The molecule has 0 radical (unpaired) electrons. The molecule has 5 atom stereocenters. The van der Waals surface area contributed by atoms with Gasteiger partial charge in [-0.2, -0.15) is 0 Å². The van der Waals surface area contributed by atoms with E-state index in [4.69, 9.17) is 14.2 Å². The third-order valence-electron chi connectivity index (χ3n) is 10.6. The van der Waals surface area contributed by atoms with Gasteiger partial charge < -0.3 is 29.5 Å². The molecule has 3 heterocycles. The first kappa shape index (κ1) is 39.5. The SMILES string of the molecule is C[C@@H]1[C@H](CN(C)CCc2ccccn2)O[C@H](c2cccc(-c3cccc(CN4C(=O)CC(NC(=O)OCc5ccccc5)C4=O)c3)c2)O[C@@H]1c1ccc(CO)cc1. The number of nitrogens with zero attached hydrogens (tertiary/aromatic N) is 3. The topological polar surface area (TPSA) is 131 Å². The number of amides is 3. The Morgan fingerprint density at radius 1 is 0.860 bits per heavy atom. The summed E-state index contributed by atoms with van der Waals surface area (Å²) in [6, 6.07) is 37.9. The maximum Gasteiger partial charge on any atom is 0.408 e. The van der Waals surface area contributed by atoms with Crippen LogP contribution in [0.2, 0.25) is 0 Å². The highest BCUT2D eigenvalue weighted by Crippen LogP contribution is 2.42. The number of hydrogen-bond donors (Lipinski definition) is 2. The van der Waals surface area contributed by atoms with Crippen LogP contribution < -0.4 is 5.32 Å². The van der Waals surface area contributed by atoms with E-state index in [1.165, 1.54) is 4.90 Å². The van der Waals surface area contributed by atoms with Crippen molar-refractivity contribution in [1.29, 1.82) is 0 Å². The maximum atomic E-state index is 13.3. The summed E-state index contributed by atoms with van der Waals surface area (Å²) in [5, 5.41) is 12.2. The number of pyridine rings is 1. The molecule has 11 nitrogen and oxygen atoms in total. The number of carbonyl (C=O) groups excluding carboxylic acids is 3. The van der Waals surface area contributed by atoms with Crippen molar-refractivity contribution < 1.29 is 33.7 Å². The number of benzene rings is 4. The number of ether oxygens (including phenoxy) is 3. The summed E-state index contributed by atoms with van der Waals surface area (Å²) < 4.78 is 18.8. The lowest BCUT2D eigenvalue weighted by Gasteiger charge is -2.42. The minimum absolute atomic E-state index is 0.0286. The molecule has 0 spiro atoms. The number of likely N-dealkylation sites (tertiary alicyclic amines) is 1. The van der Waals surface area contributed by atoms with E-state index in [1.54, 1.807) is 0 Å². The number of rotatable bonds is 14. The second-order valence-electron chi connectivity index (χ2n) is 14.8. The van der Waals surface area contributed by atoms with Crippen LogP contribution in [0.4, 0.5) is 4.79 Å². The Balaban J connectivity index is 1.04. The van der Waals surface area contributed by atoms with Crippen LogP contribution in [0.5, 0.6) is 0 Å². The molecule has 0 saturated carbocycles. The summed E-state index contributed by atoms with van der Waals surface area (Å²) in [6.07, 6.45) is 0.716. The molecular formula is C46H48N4O7. The number of likely N-dealkylation sites (N-methyl/N-ethyl adjacent to an activating group) is 1. The molecule has 11 heteroatoms. The molecule has 5 aromatic rings. The smallest absolute Gasteiger partial charge is 0.408 e. The number of imide groups is 1. The highest BCUT2D eigenvalue weighted by molar-refractivity contribution is 6.06. The molecule has 57 heavy (non-hydrogen) atoms. The molecule has 2 fully saturated rings. The second kappa shape index (κ2) is 18.5. The molecule has 7 rings (SSSR count). The molecule has 0 aliphatic carbocycles. The Morgan fingerprint density at radius 3 is 2.35 bits per heavy atom. The fourth-order valence-corrected chi connectivity index (χ4v) is 7.34. The summed E-state index contributed by atoms with van der Waals surface area (Å²) in [6.45, 7) is 3.78. The van der Waals surface area contributed by atoms with E-state index in [2.05, 4.69) is 35.2 Å². The first-order valence-electron chi connectivity index (χ1n) is 19.3. The lowest BCUT2D eigenvalue weighted by Crippen LogP contribution is -2.43. The van der Waals surface area contributed by atoms with Crippen molar-refractivity contribution >= 4 is 17.9 Å². The number of alkyl carbamates (subject to hydrolysis) is 1. The first-order chi connectivity index (χ1) is 27.7. The van der Waals surface area contributed by atoms with E-state index in [-0.39, 0.29) is 50.2 Å². The molecule has 2 aliphatic heterocycles. The zero-order valence-electron chi connectivity index (χ0n) is 32.2. The number of aliphatic hydroxyl groups excluding tert-OH is 1. The number of carbonyl (C=O) groups is 3. The summed E-state index contributed by atoms with van der Waals surface area (Å²) >= 11 is 0. The molecule has 3 amide bonds. The average Bonchev–Trinajstić information content (AvgIpc) is 3.50. The predicted molar refractivity (Wildman–Crippen MR) is 214 cm³/mol. The average molecular weight is 769 g/mol. The lowest BCUT2D eigenvalue weighted by atomic mass is 9.90. The van der Waals surface area contributed by atoms with Gasteiger partial charge in [-0.05, 0) is 64.7 Å². The van der Waals surface area contributed by atoms with Crippen molar-refractivity contribution in [2.24, 2.45) is 5.92 Å². The van der Waals surface area contributed by atoms with Gasteiger partial charge in [-0.25, -0.2) is 4.79 Å². The molecule has 0 bridgehead atoms. The van der Waals surface area contributed by atoms with Crippen LogP contribution in [0.15, 0.2) is 128 Å². The van der Waals surface area contributed by atoms with Gasteiger partial charge in [0.15, 0.2) is 6.29 Å². The van der Waals surface area contributed by atoms with E-state index in [1.807, 2.05) is 121 Å². The minimum atomic E-state index is -0.986. The minimum Gasteiger partial charge on any atom is -0.445 e. The van der Waals surface area contributed by atoms with Crippen LogP contribution in [0.3, 0.4) is 0 Å². The summed E-state index contributed by atoms with van der Waals surface area (Å²) in [4.78, 5) is 46.7. The number of aliphatic hydroxyl groups is 1. The fraction of sp³-hybridized carbons (Fsp3) is 0.304. The monoisotopic (exact) mass is 768 g/mol. The highest BCUT2D eigenvalue weighted by Gasteiger charge is 2.40. The van der Waals surface area contributed by atoms with Gasteiger partial charge in [0, 0.05) is 42.9 Å². The molecular weight excluding hydrogens is 721 g/mol. The van der Waals surface area contributed by atoms with Crippen LogP contribution in [0.25, 0.3) is 11.1 Å². The van der Waals surface area contributed by atoms with Crippen molar-refractivity contribution in [3.63, 3.8) is 0 Å². The van der Waals surface area contributed by atoms with E-state index in [0.717, 1.165) is 57.6 Å². The standard InChI is InChI=1S/C46H48N4O7/c1-31-41(28-49(2)23-21-39-16-6-7-22-47-39)56-45(57-43(31)35-19-17-32(29-51)18-20-35)38-15-9-14-37(25-38)36-13-8-12-34(24-36)27-50-42(52)26-40(44(50)53)48-46(54)55-30-33-10-4-3-5-11-33/h3-20,22,24-25,31,40-41,43,45,51H,21,23,26-30H2,1-2H3,(H,48,54)/t31-,40?,41+,43+,45+/m1/s1. The van der Waals surface area contributed by atoms with Crippen molar-refractivity contribution in [2.75, 3.05) is 20.1 Å². The van der Waals surface area contributed by atoms with Gasteiger partial charge in [-0.15, -0.1) is 0 Å². The molecule has 2 saturated heterocycles. The van der Waals surface area contributed by atoms with Crippen LogP contribution in [0.1, 0.15) is 59.2 Å². The summed E-state index contributed by atoms with van der Waals surface area (Å²) in [7, 11) is 2.10. The Kier molecular flexibility index (Phi) is 12.8. The number of aromatic nitrogens is 1. The molecule has 1 aromatic heterocycles. The fourth-order valence-electron chi connectivity index (χ4n) is 7.34. The van der Waals surface area contributed by atoms with Gasteiger partial charge in [0.25, 0.3) is 5.91 Å². The van der Waals surface area contributed by atoms with Crippen LogP contribution in [-0.4, -0.2) is 70.1 Å². The maximum absolute atomic E-state index is 13.3. The summed E-state index contributed by atoms with van der Waals surface area (Å²) in [5.41, 5.74) is 7.17. The Labute approximate surface area is 333 Å². The number of hydrogen-bond acceptors (Lipinski definition) is 9. The molecule has 294 valence electrons. The van der Waals surface area contributed by atoms with Gasteiger partial charge >= 0.3 is 6.09 Å². The Bertz CT molecular complexity index is 2130. The Morgan fingerprint density at radius 2 is 1.60 bits per heavy atom. The van der Waals surface area contributed by atoms with E-state index < -0.39 is 24.3 Å². The third-order valence-corrected chi connectivity index (χ3v) is 10.6. The van der Waals surface area contributed by atoms with E-state index >= 15 is 0 Å². The van der Waals surface area contributed by atoms with E-state index in [0.29, 0.717) is 6.54 Å². The van der Waals surface area contributed by atoms with Crippen LogP contribution in [0, 0.1) is 5.92 Å². The molecule has 2 aliphatic rings. The van der Waals surface area contributed by atoms with E-state index in [9.17, 15) is 19.5 Å². The summed E-state index contributed by atoms with van der Waals surface area (Å²) in [5.74, 6) is -0.800. The van der Waals surface area contributed by atoms with Crippen molar-refractivity contribution in [3.8, 4) is 11.1 Å². The second-order valence-corrected chi connectivity index (χ2v) is 14.8. The number of nitrogens with one attached hydrogen (secondary N) is 1. The van der Waals surface area contributed by atoms with Gasteiger partial charge in [-0.1, -0.05) is 104 Å². The largest absolute Gasteiger partial charge is 0.445 e. The van der Waals surface area contributed by atoms with Crippen LogP contribution >= 0.6 is 0 Å².